The van der Waals surface area contributed by atoms with Gasteiger partial charge in [0.2, 0.25) is 0 Å². The largest absolute Gasteiger partial charge is 0.507 e. The SMILES string of the molecule is O=C(Nc1cccc(Sc2cnc(Cl)cn2)c1Cl)c1ccccc1O. The van der Waals surface area contributed by atoms with Crippen LogP contribution in [0.1, 0.15) is 10.4 Å². The van der Waals surface area contributed by atoms with E-state index in [-0.39, 0.29) is 11.3 Å². The molecule has 0 radical (unpaired) electrons. The summed E-state index contributed by atoms with van der Waals surface area (Å²) in [5.41, 5.74) is 0.599. The molecule has 25 heavy (non-hydrogen) atoms. The van der Waals surface area contributed by atoms with Crippen molar-refractivity contribution in [1.29, 1.82) is 0 Å². The Labute approximate surface area is 158 Å². The second-order valence-electron chi connectivity index (χ2n) is 4.87. The van der Waals surface area contributed by atoms with Crippen molar-refractivity contribution in [3.8, 4) is 5.75 Å². The van der Waals surface area contributed by atoms with E-state index in [1.54, 1.807) is 30.3 Å². The highest BCUT2D eigenvalue weighted by molar-refractivity contribution is 7.99. The number of nitrogens with zero attached hydrogens (tertiary/aromatic N) is 2. The second-order valence-corrected chi connectivity index (χ2v) is 6.70. The van der Waals surface area contributed by atoms with Gasteiger partial charge in [-0.15, -0.1) is 0 Å². The number of carbonyl (C=O) groups excluding carboxylic acids is 1. The summed E-state index contributed by atoms with van der Waals surface area (Å²) in [6.45, 7) is 0. The number of carbonyl (C=O) groups is 1. The van der Waals surface area contributed by atoms with Crippen molar-refractivity contribution in [2.75, 3.05) is 5.32 Å². The van der Waals surface area contributed by atoms with Crippen LogP contribution in [0, 0.1) is 0 Å². The van der Waals surface area contributed by atoms with Gasteiger partial charge in [0.1, 0.15) is 15.9 Å². The molecule has 1 amide bonds. The van der Waals surface area contributed by atoms with Gasteiger partial charge < -0.3 is 10.4 Å². The molecule has 3 rings (SSSR count). The Bertz CT molecular complexity index is 920. The van der Waals surface area contributed by atoms with E-state index in [0.717, 1.165) is 0 Å². The van der Waals surface area contributed by atoms with E-state index in [2.05, 4.69) is 15.3 Å². The number of aromatic nitrogens is 2. The molecule has 8 heteroatoms. The summed E-state index contributed by atoms with van der Waals surface area (Å²) in [4.78, 5) is 21.1. The quantitative estimate of drug-likeness (QED) is 0.661. The van der Waals surface area contributed by atoms with Crippen LogP contribution in [0.3, 0.4) is 0 Å². The number of anilines is 1. The number of hydrogen-bond acceptors (Lipinski definition) is 5. The molecule has 0 aliphatic heterocycles. The average molecular weight is 392 g/mol. The van der Waals surface area contributed by atoms with Crippen molar-refractivity contribution in [3.05, 3.63) is 70.6 Å². The summed E-state index contributed by atoms with van der Waals surface area (Å²) in [5.74, 6) is -0.550. The maximum absolute atomic E-state index is 12.3. The minimum absolute atomic E-state index is 0.0990. The Hall–Kier alpha value is -2.28. The number of phenols is 1. The van der Waals surface area contributed by atoms with Crippen molar-refractivity contribution >= 4 is 46.6 Å². The van der Waals surface area contributed by atoms with Crippen LogP contribution in [0.5, 0.6) is 5.75 Å². The first kappa shape index (κ1) is 17.5. The first-order valence-corrected chi connectivity index (χ1v) is 8.65. The molecule has 0 unspecified atom stereocenters. The van der Waals surface area contributed by atoms with Gasteiger partial charge in [0.15, 0.2) is 0 Å². The lowest BCUT2D eigenvalue weighted by atomic mass is 10.2. The van der Waals surface area contributed by atoms with E-state index in [1.165, 1.54) is 36.3 Å². The van der Waals surface area contributed by atoms with Crippen molar-refractivity contribution in [2.45, 2.75) is 9.92 Å². The summed E-state index contributed by atoms with van der Waals surface area (Å²) in [5, 5.41) is 13.8. The van der Waals surface area contributed by atoms with E-state index in [4.69, 9.17) is 23.2 Å². The second kappa shape index (κ2) is 7.74. The third-order valence-electron chi connectivity index (χ3n) is 3.17. The van der Waals surface area contributed by atoms with Gasteiger partial charge in [0.05, 0.1) is 28.7 Å². The molecular formula is C17H11Cl2N3O2S. The van der Waals surface area contributed by atoms with Crippen LogP contribution in [0.4, 0.5) is 5.69 Å². The normalized spacial score (nSPS) is 10.5. The van der Waals surface area contributed by atoms with E-state index >= 15 is 0 Å². The van der Waals surface area contributed by atoms with Crippen LogP contribution < -0.4 is 5.32 Å². The van der Waals surface area contributed by atoms with Crippen LogP contribution in [0.25, 0.3) is 0 Å². The average Bonchev–Trinajstić information content (AvgIpc) is 2.60. The summed E-state index contributed by atoms with van der Waals surface area (Å²) in [6.07, 6.45) is 2.98. The molecular weight excluding hydrogens is 381 g/mol. The van der Waals surface area contributed by atoms with Crippen LogP contribution in [0.2, 0.25) is 10.2 Å². The molecule has 1 aromatic heterocycles. The highest BCUT2D eigenvalue weighted by Crippen LogP contribution is 2.36. The molecule has 126 valence electrons. The Morgan fingerprint density at radius 1 is 1.04 bits per heavy atom. The van der Waals surface area contributed by atoms with E-state index in [1.807, 2.05) is 0 Å². The van der Waals surface area contributed by atoms with Crippen LogP contribution in [-0.4, -0.2) is 21.0 Å². The number of nitrogens with one attached hydrogen (secondary N) is 1. The van der Waals surface area contributed by atoms with Crippen LogP contribution in [-0.2, 0) is 0 Å². The molecule has 0 atom stereocenters. The van der Waals surface area contributed by atoms with Gasteiger partial charge >= 0.3 is 0 Å². The molecule has 2 aromatic carbocycles. The van der Waals surface area contributed by atoms with E-state index in [0.29, 0.717) is 25.8 Å². The van der Waals surface area contributed by atoms with Crippen molar-refractivity contribution in [1.82, 2.24) is 9.97 Å². The first-order chi connectivity index (χ1) is 12.0. The van der Waals surface area contributed by atoms with Gasteiger partial charge in [-0.05, 0) is 24.3 Å². The van der Waals surface area contributed by atoms with Gasteiger partial charge in [-0.25, -0.2) is 9.97 Å². The Morgan fingerprint density at radius 3 is 2.56 bits per heavy atom. The molecule has 5 nitrogen and oxygen atoms in total. The molecule has 0 bridgehead atoms. The van der Waals surface area contributed by atoms with Crippen molar-refractivity contribution in [3.63, 3.8) is 0 Å². The number of benzene rings is 2. The highest BCUT2D eigenvalue weighted by atomic mass is 35.5. The number of aromatic hydroxyl groups is 1. The summed E-state index contributed by atoms with van der Waals surface area (Å²) >= 11 is 13.4. The number of hydrogen-bond donors (Lipinski definition) is 2. The van der Waals surface area contributed by atoms with Gasteiger partial charge in [-0.1, -0.05) is 53.2 Å². The molecule has 0 aliphatic rings. The van der Waals surface area contributed by atoms with Crippen LogP contribution >= 0.6 is 35.0 Å². The molecule has 2 N–H and O–H groups in total. The fourth-order valence-electron chi connectivity index (χ4n) is 2.01. The summed E-state index contributed by atoms with van der Waals surface area (Å²) < 4.78 is 0. The maximum atomic E-state index is 12.3. The number of amides is 1. The fraction of sp³-hybridized carbons (Fsp3) is 0. The number of phenolic OH excluding ortho intramolecular Hbond substituents is 1. The Morgan fingerprint density at radius 2 is 1.84 bits per heavy atom. The van der Waals surface area contributed by atoms with Crippen molar-refractivity contribution in [2.24, 2.45) is 0 Å². The first-order valence-electron chi connectivity index (χ1n) is 7.08. The van der Waals surface area contributed by atoms with Crippen molar-refractivity contribution < 1.29 is 9.90 Å². The van der Waals surface area contributed by atoms with Gasteiger partial charge in [0, 0.05) is 4.90 Å². The number of rotatable bonds is 4. The molecule has 1 heterocycles. The minimum Gasteiger partial charge on any atom is -0.507 e. The molecule has 0 fully saturated rings. The lowest BCUT2D eigenvalue weighted by Gasteiger charge is -2.11. The molecule has 0 saturated carbocycles. The maximum Gasteiger partial charge on any atom is 0.259 e. The third-order valence-corrected chi connectivity index (χ3v) is 4.87. The number of para-hydroxylation sites is 1. The third kappa shape index (κ3) is 4.22. The molecule has 0 spiro atoms. The topological polar surface area (TPSA) is 75.1 Å². The van der Waals surface area contributed by atoms with E-state index in [9.17, 15) is 9.90 Å². The Balaban J connectivity index is 1.82. The fourth-order valence-corrected chi connectivity index (χ4v) is 3.18. The van der Waals surface area contributed by atoms with Crippen LogP contribution in [0.15, 0.2) is 64.8 Å². The van der Waals surface area contributed by atoms with E-state index < -0.39 is 5.91 Å². The zero-order valence-corrected chi connectivity index (χ0v) is 14.9. The molecule has 0 aliphatic carbocycles. The molecule has 0 saturated heterocycles. The molecule has 3 aromatic rings. The summed E-state index contributed by atoms with van der Waals surface area (Å²) in [6, 6.07) is 11.5. The smallest absolute Gasteiger partial charge is 0.259 e. The monoisotopic (exact) mass is 391 g/mol. The zero-order chi connectivity index (χ0) is 17.8. The zero-order valence-electron chi connectivity index (χ0n) is 12.6. The summed E-state index contributed by atoms with van der Waals surface area (Å²) in [7, 11) is 0. The minimum atomic E-state index is -0.451. The predicted molar refractivity (Wildman–Crippen MR) is 98.7 cm³/mol. The highest BCUT2D eigenvalue weighted by Gasteiger charge is 2.14. The van der Waals surface area contributed by atoms with Gasteiger partial charge in [-0.2, -0.15) is 0 Å². The number of halogens is 2. The standard InChI is InChI=1S/C17H11Cl2N3O2S/c18-14-8-21-15(9-20-14)25-13-7-3-5-11(16(13)19)22-17(24)10-4-1-2-6-12(10)23/h1-9,23H,(H,22,24). The lowest BCUT2D eigenvalue weighted by molar-refractivity contribution is 0.102. The van der Waals surface area contributed by atoms with Gasteiger partial charge in [-0.3, -0.25) is 4.79 Å². The lowest BCUT2D eigenvalue weighted by Crippen LogP contribution is -2.12. The predicted octanol–water partition coefficient (Wildman–Crippen LogP) is 4.89. The van der Waals surface area contributed by atoms with Gasteiger partial charge in [0.25, 0.3) is 5.91 Å². The Kier molecular flexibility index (Phi) is 5.43.